The van der Waals surface area contributed by atoms with Crippen LogP contribution in [-0.4, -0.2) is 41.3 Å². The molecule has 14 heavy (non-hydrogen) atoms. The molecular weight excluding hydrogens is 176 g/mol. The lowest BCUT2D eigenvalue weighted by molar-refractivity contribution is 0.0430. The van der Waals surface area contributed by atoms with Crippen molar-refractivity contribution >= 4 is 0 Å². The van der Waals surface area contributed by atoms with Crippen LogP contribution < -0.4 is 5.73 Å². The molecule has 1 rings (SSSR count). The van der Waals surface area contributed by atoms with Crippen LogP contribution in [0.1, 0.15) is 39.5 Å². The van der Waals surface area contributed by atoms with Gasteiger partial charge in [-0.2, -0.15) is 0 Å². The second-order valence-corrected chi connectivity index (χ2v) is 4.68. The van der Waals surface area contributed by atoms with Crippen LogP contribution in [0.15, 0.2) is 0 Å². The van der Waals surface area contributed by atoms with Crippen molar-refractivity contribution < 1.29 is 5.11 Å². The van der Waals surface area contributed by atoms with Gasteiger partial charge in [0.2, 0.25) is 0 Å². The Morgan fingerprint density at radius 1 is 1.43 bits per heavy atom. The van der Waals surface area contributed by atoms with Crippen LogP contribution in [0.4, 0.5) is 0 Å². The molecule has 3 N–H and O–H groups in total. The first-order valence-electron chi connectivity index (χ1n) is 5.75. The summed E-state index contributed by atoms with van der Waals surface area (Å²) in [4.78, 5) is 2.43. The van der Waals surface area contributed by atoms with E-state index in [-0.39, 0.29) is 0 Å². The summed E-state index contributed by atoms with van der Waals surface area (Å²) in [6.45, 7) is 6.94. The molecule has 2 atom stereocenters. The van der Waals surface area contributed by atoms with E-state index < -0.39 is 5.60 Å². The summed E-state index contributed by atoms with van der Waals surface area (Å²) in [6, 6.07) is 0.504. The van der Waals surface area contributed by atoms with Gasteiger partial charge in [0.15, 0.2) is 0 Å². The van der Waals surface area contributed by atoms with E-state index in [4.69, 9.17) is 5.73 Å². The van der Waals surface area contributed by atoms with Crippen LogP contribution in [0, 0.1) is 0 Å². The molecule has 2 unspecified atom stereocenters. The number of nitrogens with zero attached hydrogens (tertiary/aromatic N) is 1. The summed E-state index contributed by atoms with van der Waals surface area (Å²) in [5.74, 6) is 0. The van der Waals surface area contributed by atoms with E-state index in [2.05, 4.69) is 11.8 Å². The molecule has 1 heterocycles. The molecule has 84 valence electrons. The highest BCUT2D eigenvalue weighted by molar-refractivity contribution is 4.82. The van der Waals surface area contributed by atoms with Crippen LogP contribution >= 0.6 is 0 Å². The fraction of sp³-hybridized carbons (Fsp3) is 1.00. The highest BCUT2D eigenvalue weighted by Crippen LogP contribution is 2.22. The van der Waals surface area contributed by atoms with Crippen LogP contribution in [0.2, 0.25) is 0 Å². The van der Waals surface area contributed by atoms with Crippen molar-refractivity contribution in [3.63, 3.8) is 0 Å². The first-order valence-corrected chi connectivity index (χ1v) is 5.75. The Morgan fingerprint density at radius 3 is 2.71 bits per heavy atom. The Labute approximate surface area is 87.3 Å². The topological polar surface area (TPSA) is 49.5 Å². The molecule has 1 saturated heterocycles. The number of nitrogens with two attached hydrogens (primary N) is 1. The summed E-state index contributed by atoms with van der Waals surface area (Å²) in [6.07, 6.45) is 4.00. The van der Waals surface area contributed by atoms with E-state index in [1.54, 1.807) is 0 Å². The number of aliphatic hydroxyl groups is 1. The standard InChI is InChI=1S/C11H24N2O/c1-3-10(9-12)13-7-4-5-11(2,14)6-8-13/h10,14H,3-9,12H2,1-2H3. The van der Waals surface area contributed by atoms with Crippen molar-refractivity contribution in [2.24, 2.45) is 5.73 Å². The zero-order valence-corrected chi connectivity index (χ0v) is 9.50. The highest BCUT2D eigenvalue weighted by atomic mass is 16.3. The minimum atomic E-state index is -0.457. The molecule has 3 nitrogen and oxygen atoms in total. The van der Waals surface area contributed by atoms with E-state index in [9.17, 15) is 5.11 Å². The van der Waals surface area contributed by atoms with E-state index in [0.29, 0.717) is 6.04 Å². The zero-order chi connectivity index (χ0) is 10.6. The van der Waals surface area contributed by atoms with Crippen LogP contribution in [0.3, 0.4) is 0 Å². The van der Waals surface area contributed by atoms with Gasteiger partial charge in [0.05, 0.1) is 5.60 Å². The van der Waals surface area contributed by atoms with Crippen LogP contribution in [-0.2, 0) is 0 Å². The third kappa shape index (κ3) is 3.23. The summed E-state index contributed by atoms with van der Waals surface area (Å²) >= 11 is 0. The fourth-order valence-electron chi connectivity index (χ4n) is 2.22. The Balaban J connectivity index is 2.48. The van der Waals surface area contributed by atoms with Gasteiger partial charge in [-0.05, 0) is 39.2 Å². The van der Waals surface area contributed by atoms with Gasteiger partial charge in [0.25, 0.3) is 0 Å². The molecule has 0 aliphatic carbocycles. The quantitative estimate of drug-likeness (QED) is 0.713. The van der Waals surface area contributed by atoms with Gasteiger partial charge in [0, 0.05) is 19.1 Å². The Kier molecular flexibility index (Phi) is 4.35. The predicted molar refractivity (Wildman–Crippen MR) is 59.2 cm³/mol. The molecular formula is C11H24N2O. The smallest absolute Gasteiger partial charge is 0.0632 e. The lowest BCUT2D eigenvalue weighted by Gasteiger charge is -2.29. The number of hydrogen-bond donors (Lipinski definition) is 2. The van der Waals surface area contributed by atoms with Gasteiger partial charge in [-0.3, -0.25) is 4.90 Å². The molecule has 0 radical (unpaired) electrons. The maximum atomic E-state index is 9.94. The predicted octanol–water partition coefficient (Wildman–Crippen LogP) is 0.961. The van der Waals surface area contributed by atoms with Gasteiger partial charge in [-0.25, -0.2) is 0 Å². The van der Waals surface area contributed by atoms with E-state index >= 15 is 0 Å². The molecule has 0 aromatic heterocycles. The van der Waals surface area contributed by atoms with Gasteiger partial charge < -0.3 is 10.8 Å². The summed E-state index contributed by atoms with van der Waals surface area (Å²) < 4.78 is 0. The lowest BCUT2D eigenvalue weighted by Crippen LogP contribution is -2.41. The SMILES string of the molecule is CCC(CN)N1CCCC(C)(O)CC1. The minimum absolute atomic E-state index is 0.457. The number of rotatable bonds is 3. The summed E-state index contributed by atoms with van der Waals surface area (Å²) in [5.41, 5.74) is 5.27. The average molecular weight is 200 g/mol. The second-order valence-electron chi connectivity index (χ2n) is 4.68. The summed E-state index contributed by atoms with van der Waals surface area (Å²) in [5, 5.41) is 9.94. The fourth-order valence-corrected chi connectivity index (χ4v) is 2.22. The first-order chi connectivity index (χ1) is 6.59. The molecule has 0 aromatic rings. The lowest BCUT2D eigenvalue weighted by atomic mass is 9.98. The normalized spacial score (nSPS) is 32.6. The Hall–Kier alpha value is -0.120. The molecule has 1 aliphatic rings. The maximum absolute atomic E-state index is 9.94. The van der Waals surface area contributed by atoms with E-state index in [1.165, 1.54) is 0 Å². The Morgan fingerprint density at radius 2 is 2.14 bits per heavy atom. The van der Waals surface area contributed by atoms with Crippen LogP contribution in [0.5, 0.6) is 0 Å². The van der Waals surface area contributed by atoms with Crippen molar-refractivity contribution in [3.8, 4) is 0 Å². The number of likely N-dealkylation sites (tertiary alicyclic amines) is 1. The molecule has 0 aromatic carbocycles. The molecule has 0 bridgehead atoms. The Bertz CT molecular complexity index is 167. The maximum Gasteiger partial charge on any atom is 0.0632 e. The van der Waals surface area contributed by atoms with Gasteiger partial charge in [0.1, 0.15) is 0 Å². The first kappa shape index (κ1) is 12.0. The van der Waals surface area contributed by atoms with Crippen molar-refractivity contribution in [2.75, 3.05) is 19.6 Å². The van der Waals surface area contributed by atoms with Crippen molar-refractivity contribution in [2.45, 2.75) is 51.2 Å². The molecule has 0 amide bonds. The van der Waals surface area contributed by atoms with Crippen molar-refractivity contribution in [1.29, 1.82) is 0 Å². The van der Waals surface area contributed by atoms with E-state index in [1.807, 2.05) is 6.92 Å². The van der Waals surface area contributed by atoms with Crippen molar-refractivity contribution in [3.05, 3.63) is 0 Å². The van der Waals surface area contributed by atoms with E-state index in [0.717, 1.165) is 45.3 Å². The molecule has 1 fully saturated rings. The molecule has 0 saturated carbocycles. The van der Waals surface area contributed by atoms with Gasteiger partial charge >= 0.3 is 0 Å². The molecule has 0 spiro atoms. The third-order valence-corrected chi connectivity index (χ3v) is 3.36. The van der Waals surface area contributed by atoms with Gasteiger partial charge in [-0.15, -0.1) is 0 Å². The highest BCUT2D eigenvalue weighted by Gasteiger charge is 2.27. The second kappa shape index (κ2) is 5.10. The average Bonchev–Trinajstić information content (AvgIpc) is 2.30. The van der Waals surface area contributed by atoms with Crippen LogP contribution in [0.25, 0.3) is 0 Å². The largest absolute Gasteiger partial charge is 0.390 e. The molecule has 1 aliphatic heterocycles. The zero-order valence-electron chi connectivity index (χ0n) is 9.50. The monoisotopic (exact) mass is 200 g/mol. The van der Waals surface area contributed by atoms with Crippen molar-refractivity contribution in [1.82, 2.24) is 4.90 Å². The number of hydrogen-bond acceptors (Lipinski definition) is 3. The third-order valence-electron chi connectivity index (χ3n) is 3.36. The minimum Gasteiger partial charge on any atom is -0.390 e. The van der Waals surface area contributed by atoms with Gasteiger partial charge in [-0.1, -0.05) is 6.92 Å². The molecule has 3 heteroatoms. The summed E-state index contributed by atoms with van der Waals surface area (Å²) in [7, 11) is 0.